The summed E-state index contributed by atoms with van der Waals surface area (Å²) < 4.78 is 0. The molecule has 22 heavy (non-hydrogen) atoms. The molecule has 0 bridgehead atoms. The zero-order valence-corrected chi connectivity index (χ0v) is 13.1. The third kappa shape index (κ3) is 3.75. The van der Waals surface area contributed by atoms with E-state index in [0.29, 0.717) is 23.2 Å². The Morgan fingerprint density at radius 1 is 1.41 bits per heavy atom. The standard InChI is InChI=1S/C16H23N3O3/c1-3-11-5-4-6-12(9-11)18-15-8-7-13(19(21)22)10-14(15)16(20)17-2/h7-8,10-12,18H,3-6,9H2,1-2H3,(H,17,20). The molecular formula is C16H23N3O3. The third-order valence-corrected chi connectivity index (χ3v) is 4.41. The molecule has 6 heteroatoms. The Balaban J connectivity index is 2.22. The number of amides is 1. The van der Waals surface area contributed by atoms with Gasteiger partial charge in [-0.1, -0.05) is 26.2 Å². The van der Waals surface area contributed by atoms with Gasteiger partial charge in [0.15, 0.2) is 0 Å². The molecule has 0 aromatic heterocycles. The molecule has 0 heterocycles. The van der Waals surface area contributed by atoms with Crippen molar-refractivity contribution in [1.82, 2.24) is 5.32 Å². The molecule has 0 aliphatic heterocycles. The summed E-state index contributed by atoms with van der Waals surface area (Å²) in [7, 11) is 1.53. The lowest BCUT2D eigenvalue weighted by Gasteiger charge is -2.30. The van der Waals surface area contributed by atoms with Gasteiger partial charge < -0.3 is 10.6 Å². The van der Waals surface area contributed by atoms with Crippen molar-refractivity contribution >= 4 is 17.3 Å². The smallest absolute Gasteiger partial charge is 0.270 e. The van der Waals surface area contributed by atoms with Crippen LogP contribution in [0.3, 0.4) is 0 Å². The molecule has 1 aliphatic carbocycles. The first-order chi connectivity index (χ1) is 10.5. The molecule has 0 saturated heterocycles. The number of benzene rings is 1. The quantitative estimate of drug-likeness (QED) is 0.645. The van der Waals surface area contributed by atoms with Crippen molar-refractivity contribution in [2.75, 3.05) is 12.4 Å². The van der Waals surface area contributed by atoms with Crippen molar-refractivity contribution in [2.24, 2.45) is 5.92 Å². The fourth-order valence-electron chi connectivity index (χ4n) is 3.11. The van der Waals surface area contributed by atoms with Gasteiger partial charge in [-0.05, 0) is 24.8 Å². The van der Waals surface area contributed by atoms with E-state index < -0.39 is 4.92 Å². The normalized spacial score (nSPS) is 21.2. The van der Waals surface area contributed by atoms with Crippen molar-refractivity contribution in [1.29, 1.82) is 0 Å². The largest absolute Gasteiger partial charge is 0.382 e. The minimum atomic E-state index is -0.482. The fraction of sp³-hybridized carbons (Fsp3) is 0.562. The van der Waals surface area contributed by atoms with Gasteiger partial charge in [0.25, 0.3) is 11.6 Å². The first kappa shape index (κ1) is 16.3. The first-order valence-electron chi connectivity index (χ1n) is 7.82. The second-order valence-electron chi connectivity index (χ2n) is 5.85. The van der Waals surface area contributed by atoms with E-state index in [1.54, 1.807) is 6.07 Å². The Labute approximate surface area is 130 Å². The predicted molar refractivity (Wildman–Crippen MR) is 86.1 cm³/mol. The highest BCUT2D eigenvalue weighted by Crippen LogP contribution is 2.30. The summed E-state index contributed by atoms with van der Waals surface area (Å²) in [5, 5.41) is 16.9. The van der Waals surface area contributed by atoms with E-state index in [2.05, 4.69) is 17.6 Å². The number of nitrogens with zero attached hydrogens (tertiary/aromatic N) is 1. The molecular weight excluding hydrogens is 282 g/mol. The van der Waals surface area contributed by atoms with Gasteiger partial charge in [0.05, 0.1) is 10.5 Å². The van der Waals surface area contributed by atoms with E-state index in [4.69, 9.17) is 0 Å². The monoisotopic (exact) mass is 305 g/mol. The minimum absolute atomic E-state index is 0.0702. The average Bonchev–Trinajstić information content (AvgIpc) is 2.54. The van der Waals surface area contributed by atoms with Crippen LogP contribution in [0.4, 0.5) is 11.4 Å². The fourth-order valence-corrected chi connectivity index (χ4v) is 3.11. The van der Waals surface area contributed by atoms with Gasteiger partial charge in [0, 0.05) is 30.9 Å². The number of nitrogens with one attached hydrogen (secondary N) is 2. The van der Waals surface area contributed by atoms with Crippen LogP contribution in [-0.2, 0) is 0 Å². The van der Waals surface area contributed by atoms with Crippen LogP contribution in [0.15, 0.2) is 18.2 Å². The summed E-state index contributed by atoms with van der Waals surface area (Å²) >= 11 is 0. The Hall–Kier alpha value is -2.11. The molecule has 1 aromatic carbocycles. The molecule has 2 N–H and O–H groups in total. The summed E-state index contributed by atoms with van der Waals surface area (Å²) in [5.74, 6) is 0.404. The topological polar surface area (TPSA) is 84.3 Å². The number of hydrogen-bond acceptors (Lipinski definition) is 4. The van der Waals surface area contributed by atoms with Crippen molar-refractivity contribution in [3.8, 4) is 0 Å². The zero-order valence-electron chi connectivity index (χ0n) is 13.1. The van der Waals surface area contributed by atoms with Crippen LogP contribution < -0.4 is 10.6 Å². The van der Waals surface area contributed by atoms with Gasteiger partial charge in [-0.3, -0.25) is 14.9 Å². The Morgan fingerprint density at radius 2 is 2.18 bits per heavy atom. The molecule has 1 saturated carbocycles. The van der Waals surface area contributed by atoms with Crippen LogP contribution in [0, 0.1) is 16.0 Å². The van der Waals surface area contributed by atoms with Crippen LogP contribution in [-0.4, -0.2) is 23.9 Å². The molecule has 2 rings (SSSR count). The highest BCUT2D eigenvalue weighted by Gasteiger charge is 2.23. The number of hydrogen-bond donors (Lipinski definition) is 2. The summed E-state index contributed by atoms with van der Waals surface area (Å²) in [6, 6.07) is 4.73. The zero-order chi connectivity index (χ0) is 16.1. The molecule has 0 spiro atoms. The van der Waals surface area contributed by atoms with Crippen LogP contribution in [0.25, 0.3) is 0 Å². The van der Waals surface area contributed by atoms with Crippen molar-refractivity contribution in [2.45, 2.75) is 45.1 Å². The lowest BCUT2D eigenvalue weighted by atomic mass is 9.84. The third-order valence-electron chi connectivity index (χ3n) is 4.41. The Bertz CT molecular complexity index is 560. The number of nitro groups is 1. The Morgan fingerprint density at radius 3 is 2.82 bits per heavy atom. The van der Waals surface area contributed by atoms with Crippen LogP contribution in [0.2, 0.25) is 0 Å². The second-order valence-corrected chi connectivity index (χ2v) is 5.85. The van der Waals surface area contributed by atoms with Gasteiger partial charge in [-0.2, -0.15) is 0 Å². The molecule has 0 radical (unpaired) electrons. The maximum Gasteiger partial charge on any atom is 0.270 e. The summed E-state index contributed by atoms with van der Waals surface area (Å²) in [6.45, 7) is 2.20. The molecule has 2 unspecified atom stereocenters. The lowest BCUT2D eigenvalue weighted by molar-refractivity contribution is -0.384. The SMILES string of the molecule is CCC1CCCC(Nc2ccc([N+](=O)[O-])cc2C(=O)NC)C1. The molecule has 120 valence electrons. The van der Waals surface area contributed by atoms with E-state index in [1.165, 1.54) is 38.4 Å². The highest BCUT2D eigenvalue weighted by molar-refractivity contribution is 6.00. The number of carbonyl (C=O) groups excluding carboxylic acids is 1. The number of rotatable bonds is 5. The maximum absolute atomic E-state index is 12.0. The molecule has 6 nitrogen and oxygen atoms in total. The molecule has 1 aliphatic rings. The number of anilines is 1. The van der Waals surface area contributed by atoms with Gasteiger partial charge in [0.2, 0.25) is 0 Å². The van der Waals surface area contributed by atoms with E-state index in [9.17, 15) is 14.9 Å². The van der Waals surface area contributed by atoms with Crippen LogP contribution in [0.1, 0.15) is 49.4 Å². The average molecular weight is 305 g/mol. The molecule has 1 aromatic rings. The van der Waals surface area contributed by atoms with Gasteiger partial charge in [0.1, 0.15) is 0 Å². The molecule has 1 amide bonds. The van der Waals surface area contributed by atoms with Crippen molar-refractivity contribution in [3.05, 3.63) is 33.9 Å². The second kappa shape index (κ2) is 7.24. The van der Waals surface area contributed by atoms with Gasteiger partial charge in [-0.25, -0.2) is 0 Å². The van der Waals surface area contributed by atoms with E-state index in [1.807, 2.05) is 0 Å². The number of carbonyl (C=O) groups is 1. The summed E-state index contributed by atoms with van der Waals surface area (Å²) in [4.78, 5) is 22.4. The van der Waals surface area contributed by atoms with Crippen molar-refractivity contribution in [3.63, 3.8) is 0 Å². The van der Waals surface area contributed by atoms with E-state index in [-0.39, 0.29) is 11.6 Å². The molecule has 2 atom stereocenters. The van der Waals surface area contributed by atoms with Crippen LogP contribution >= 0.6 is 0 Å². The van der Waals surface area contributed by atoms with E-state index >= 15 is 0 Å². The summed E-state index contributed by atoms with van der Waals surface area (Å²) in [6.07, 6.45) is 5.76. The summed E-state index contributed by atoms with van der Waals surface area (Å²) in [5.41, 5.74) is 0.932. The highest BCUT2D eigenvalue weighted by atomic mass is 16.6. The Kier molecular flexibility index (Phi) is 5.35. The van der Waals surface area contributed by atoms with Crippen LogP contribution in [0.5, 0.6) is 0 Å². The lowest BCUT2D eigenvalue weighted by Crippen LogP contribution is -2.29. The maximum atomic E-state index is 12.0. The molecule has 1 fully saturated rings. The minimum Gasteiger partial charge on any atom is -0.382 e. The van der Waals surface area contributed by atoms with E-state index in [0.717, 1.165) is 12.8 Å². The number of nitro benzene ring substituents is 1. The van der Waals surface area contributed by atoms with Gasteiger partial charge in [-0.15, -0.1) is 0 Å². The first-order valence-corrected chi connectivity index (χ1v) is 7.82. The van der Waals surface area contributed by atoms with Crippen molar-refractivity contribution < 1.29 is 9.72 Å². The predicted octanol–water partition coefficient (Wildman–Crippen LogP) is 3.34. The van der Waals surface area contributed by atoms with Gasteiger partial charge >= 0.3 is 0 Å². The number of non-ortho nitro benzene ring substituents is 1.